The Hall–Kier alpha value is -2.64. The smallest absolute Gasteiger partial charge is 0.175 e. The van der Waals surface area contributed by atoms with Gasteiger partial charge in [0.15, 0.2) is 16.1 Å². The van der Waals surface area contributed by atoms with Gasteiger partial charge in [0.25, 0.3) is 0 Å². The Morgan fingerprint density at radius 1 is 1.00 bits per heavy atom. The minimum absolute atomic E-state index is 0.235. The third-order valence-electron chi connectivity index (χ3n) is 5.79. The van der Waals surface area contributed by atoms with Crippen LogP contribution in [0.3, 0.4) is 0 Å². The summed E-state index contributed by atoms with van der Waals surface area (Å²) in [7, 11) is -3.25. The molecule has 0 amide bonds. The maximum atomic E-state index is 11.6. The van der Waals surface area contributed by atoms with E-state index in [1.807, 2.05) is 24.3 Å². The van der Waals surface area contributed by atoms with Gasteiger partial charge in [-0.3, -0.25) is 0 Å². The van der Waals surface area contributed by atoms with Crippen LogP contribution in [0.25, 0.3) is 5.69 Å². The first-order valence-electron chi connectivity index (χ1n) is 10.3. The van der Waals surface area contributed by atoms with Gasteiger partial charge in [0.05, 0.1) is 16.3 Å². The number of hydrogen-bond acceptors (Lipinski definition) is 5. The number of aliphatic hydroxyl groups is 1. The zero-order valence-electron chi connectivity index (χ0n) is 16.8. The van der Waals surface area contributed by atoms with Crippen LogP contribution in [0.4, 0.5) is 5.69 Å². The van der Waals surface area contributed by atoms with Crippen LogP contribution in [0, 0.1) is 0 Å². The molecule has 2 saturated carbocycles. The minimum atomic E-state index is -3.25. The molecule has 0 aliphatic heterocycles. The normalized spacial score (nSPS) is 17.7. The monoisotopic (exact) mass is 423 g/mol. The van der Waals surface area contributed by atoms with Crippen LogP contribution in [0.15, 0.2) is 59.5 Å². The molecule has 3 aromatic rings. The van der Waals surface area contributed by atoms with Crippen molar-refractivity contribution in [3.05, 3.63) is 71.5 Å². The van der Waals surface area contributed by atoms with E-state index in [0.717, 1.165) is 11.4 Å². The molecule has 0 spiro atoms. The molecule has 2 fully saturated rings. The number of anilines is 1. The lowest BCUT2D eigenvalue weighted by atomic mass is 10.2. The molecule has 1 heterocycles. The van der Waals surface area contributed by atoms with Gasteiger partial charge < -0.3 is 10.4 Å². The van der Waals surface area contributed by atoms with Crippen LogP contribution in [-0.2, 0) is 9.84 Å². The van der Waals surface area contributed by atoms with Crippen LogP contribution in [0.1, 0.15) is 60.7 Å². The van der Waals surface area contributed by atoms with Gasteiger partial charge in [0.2, 0.25) is 0 Å². The third kappa shape index (κ3) is 4.00. The number of nitrogens with one attached hydrogen (secondary N) is 1. The second kappa shape index (κ2) is 7.25. The quantitative estimate of drug-likeness (QED) is 0.558. The largest absolute Gasteiger partial charge is 0.369 e. The molecule has 0 radical (unpaired) electrons. The summed E-state index contributed by atoms with van der Waals surface area (Å²) < 4.78 is 25.2. The number of rotatable bonds is 7. The van der Waals surface area contributed by atoms with E-state index in [1.54, 1.807) is 12.1 Å². The summed E-state index contributed by atoms with van der Waals surface area (Å²) >= 11 is 0. The van der Waals surface area contributed by atoms with Crippen LogP contribution >= 0.6 is 0 Å². The van der Waals surface area contributed by atoms with E-state index < -0.39 is 16.1 Å². The Bertz CT molecular complexity index is 1160. The highest BCUT2D eigenvalue weighted by atomic mass is 32.2. The highest BCUT2D eigenvalue weighted by molar-refractivity contribution is 7.90. The van der Waals surface area contributed by atoms with E-state index in [0.29, 0.717) is 17.4 Å². The van der Waals surface area contributed by atoms with E-state index in [-0.39, 0.29) is 4.90 Å². The van der Waals surface area contributed by atoms with Gasteiger partial charge in [-0.25, -0.2) is 13.1 Å². The molecule has 2 aliphatic rings. The van der Waals surface area contributed by atoms with Crippen molar-refractivity contribution in [1.82, 2.24) is 9.78 Å². The molecule has 1 aromatic heterocycles. The summed E-state index contributed by atoms with van der Waals surface area (Å²) in [5, 5.41) is 18.4. The molecule has 1 atom stereocenters. The summed E-state index contributed by atoms with van der Waals surface area (Å²) in [6, 6.07) is 16.4. The lowest BCUT2D eigenvalue weighted by molar-refractivity contribution is 0.208. The van der Waals surface area contributed by atoms with Crippen molar-refractivity contribution in [3.63, 3.8) is 0 Å². The molecule has 30 heavy (non-hydrogen) atoms. The molecule has 2 aliphatic carbocycles. The first kappa shape index (κ1) is 19.3. The molecular weight excluding hydrogens is 398 g/mol. The van der Waals surface area contributed by atoms with Gasteiger partial charge in [0, 0.05) is 35.0 Å². The molecule has 2 aromatic carbocycles. The second-order valence-corrected chi connectivity index (χ2v) is 10.4. The average molecular weight is 424 g/mol. The number of aromatic nitrogens is 2. The molecular formula is C23H25N3O3S. The molecule has 6 nitrogen and oxygen atoms in total. The Morgan fingerprint density at radius 2 is 1.63 bits per heavy atom. The molecule has 5 rings (SSSR count). The Balaban J connectivity index is 1.32. The van der Waals surface area contributed by atoms with Crippen LogP contribution in [0.2, 0.25) is 0 Å². The van der Waals surface area contributed by atoms with Gasteiger partial charge >= 0.3 is 0 Å². The predicted molar refractivity (Wildman–Crippen MR) is 116 cm³/mol. The topological polar surface area (TPSA) is 84.2 Å². The fourth-order valence-electron chi connectivity index (χ4n) is 3.71. The summed E-state index contributed by atoms with van der Waals surface area (Å²) in [4.78, 5) is 0.235. The van der Waals surface area contributed by atoms with Crippen LogP contribution in [0.5, 0.6) is 0 Å². The number of hydrogen-bond donors (Lipinski definition) is 2. The van der Waals surface area contributed by atoms with Gasteiger partial charge in [0.1, 0.15) is 0 Å². The molecule has 1 unspecified atom stereocenters. The van der Waals surface area contributed by atoms with E-state index in [9.17, 15) is 13.5 Å². The second-order valence-electron chi connectivity index (χ2n) is 8.39. The molecule has 2 N–H and O–H groups in total. The maximum Gasteiger partial charge on any atom is 0.175 e. The van der Waals surface area contributed by atoms with E-state index >= 15 is 0 Å². The SMILES string of the molecule is CS(=O)(=O)c1ccc(C(O)Nc2ccc(-n3nc(C4CC4)cc3C3CC3)cc2)cc1. The summed E-state index contributed by atoms with van der Waals surface area (Å²) in [6.45, 7) is 0. The Labute approximate surface area is 176 Å². The van der Waals surface area contributed by atoms with Gasteiger partial charge in [-0.2, -0.15) is 5.10 Å². The van der Waals surface area contributed by atoms with Crippen LogP contribution < -0.4 is 5.32 Å². The van der Waals surface area contributed by atoms with Gasteiger partial charge in [-0.1, -0.05) is 12.1 Å². The highest BCUT2D eigenvalue weighted by Crippen LogP contribution is 2.45. The van der Waals surface area contributed by atoms with Crippen molar-refractivity contribution in [2.24, 2.45) is 0 Å². The Kier molecular flexibility index (Phi) is 4.67. The maximum absolute atomic E-state index is 11.6. The molecule has 156 valence electrons. The first-order chi connectivity index (χ1) is 14.4. The summed E-state index contributed by atoms with van der Waals surface area (Å²) in [6.07, 6.45) is 5.19. The standard InChI is InChI=1S/C23H25N3O3S/c1-30(28,29)20-12-6-17(7-13-20)23(27)24-18-8-10-19(11-9-18)26-22(16-4-5-16)14-21(25-26)15-2-3-15/h6-16,23-24,27H,2-5H2,1H3. The van der Waals surface area contributed by atoms with Gasteiger partial charge in [-0.15, -0.1) is 0 Å². The van der Waals surface area contributed by atoms with E-state index in [2.05, 4.69) is 16.1 Å². The predicted octanol–water partition coefficient (Wildman–Crippen LogP) is 4.13. The fraction of sp³-hybridized carbons (Fsp3) is 0.348. The van der Waals surface area contributed by atoms with Gasteiger partial charge in [-0.05, 0) is 68.1 Å². The van der Waals surface area contributed by atoms with Crippen molar-refractivity contribution < 1.29 is 13.5 Å². The minimum Gasteiger partial charge on any atom is -0.369 e. The third-order valence-corrected chi connectivity index (χ3v) is 6.91. The lowest BCUT2D eigenvalue weighted by Crippen LogP contribution is -2.10. The zero-order valence-corrected chi connectivity index (χ0v) is 17.6. The first-order valence-corrected chi connectivity index (χ1v) is 12.2. The van der Waals surface area contributed by atoms with Crippen LogP contribution in [-0.4, -0.2) is 29.6 Å². The number of sulfone groups is 1. The van der Waals surface area contributed by atoms with Crippen molar-refractivity contribution in [1.29, 1.82) is 0 Å². The van der Waals surface area contributed by atoms with E-state index in [1.165, 1.54) is 55.5 Å². The summed E-state index contributed by atoms with van der Waals surface area (Å²) in [5.74, 6) is 1.26. The average Bonchev–Trinajstić information content (AvgIpc) is 3.66. The number of benzene rings is 2. The lowest BCUT2D eigenvalue weighted by Gasteiger charge is -2.15. The van der Waals surface area contributed by atoms with E-state index in [4.69, 9.17) is 5.10 Å². The Morgan fingerprint density at radius 3 is 2.20 bits per heavy atom. The van der Waals surface area contributed by atoms with Crippen molar-refractivity contribution in [3.8, 4) is 5.69 Å². The molecule has 0 saturated heterocycles. The van der Waals surface area contributed by atoms with Crippen molar-refractivity contribution in [2.75, 3.05) is 11.6 Å². The fourth-order valence-corrected chi connectivity index (χ4v) is 4.34. The summed E-state index contributed by atoms with van der Waals surface area (Å²) in [5.41, 5.74) is 4.93. The molecule has 7 heteroatoms. The highest BCUT2D eigenvalue weighted by Gasteiger charge is 2.32. The number of aliphatic hydroxyl groups excluding tert-OH is 1. The molecule has 0 bridgehead atoms. The van der Waals surface area contributed by atoms with Crippen molar-refractivity contribution >= 4 is 15.5 Å². The number of nitrogens with zero attached hydrogens (tertiary/aromatic N) is 2. The zero-order chi connectivity index (χ0) is 20.9. The van der Waals surface area contributed by atoms with Crippen molar-refractivity contribution in [2.45, 2.75) is 48.6 Å².